The fourth-order valence-electron chi connectivity index (χ4n) is 2.26. The highest BCUT2D eigenvalue weighted by Gasteiger charge is 2.34. The number of hydrogen-bond donors (Lipinski definition) is 3. The maximum atomic E-state index is 10.2. The van der Waals surface area contributed by atoms with Crippen LogP contribution in [0.4, 0.5) is 5.69 Å². The van der Waals surface area contributed by atoms with Gasteiger partial charge in [0.25, 0.3) is 0 Å². The second-order valence-corrected chi connectivity index (χ2v) is 6.52. The van der Waals surface area contributed by atoms with Crippen molar-refractivity contribution in [3.8, 4) is 0 Å². The molecule has 3 nitrogen and oxygen atoms in total. The number of aliphatic hydroxyl groups is 1. The van der Waals surface area contributed by atoms with E-state index >= 15 is 0 Å². The Balaban J connectivity index is 2.12. The van der Waals surface area contributed by atoms with Gasteiger partial charge in [0.2, 0.25) is 0 Å². The van der Waals surface area contributed by atoms with Crippen LogP contribution in [0.2, 0.25) is 0 Å². The molecule has 0 bridgehead atoms. The van der Waals surface area contributed by atoms with E-state index in [1.165, 1.54) is 23.2 Å². The molecule has 0 spiro atoms. The molecule has 2 rings (SSSR count). The number of para-hydroxylation sites is 1. The van der Waals surface area contributed by atoms with E-state index in [4.69, 9.17) is 0 Å². The summed E-state index contributed by atoms with van der Waals surface area (Å²) in [6, 6.07) is 6.48. The molecule has 0 radical (unpaired) electrons. The standard InChI is InChI=1S/C16H26N2O/c1-15(2,16(3,4)19)18-11-13-8-5-7-12-9-6-10-17-14(12)13/h5,7-8,17-19H,6,9-11H2,1-4H3. The summed E-state index contributed by atoms with van der Waals surface area (Å²) in [6.45, 7) is 9.59. The molecule has 0 aliphatic carbocycles. The van der Waals surface area contributed by atoms with Crippen molar-refractivity contribution in [1.29, 1.82) is 0 Å². The van der Waals surface area contributed by atoms with Crippen LogP contribution in [-0.2, 0) is 13.0 Å². The van der Waals surface area contributed by atoms with E-state index in [1.54, 1.807) is 0 Å². The summed E-state index contributed by atoms with van der Waals surface area (Å²) >= 11 is 0. The lowest BCUT2D eigenvalue weighted by molar-refractivity contribution is -0.00530. The van der Waals surface area contributed by atoms with Crippen molar-refractivity contribution in [2.45, 2.75) is 58.2 Å². The molecule has 1 heterocycles. The van der Waals surface area contributed by atoms with Gasteiger partial charge in [-0.3, -0.25) is 0 Å². The van der Waals surface area contributed by atoms with Gasteiger partial charge in [-0.15, -0.1) is 0 Å². The molecule has 1 aromatic carbocycles. The summed E-state index contributed by atoms with van der Waals surface area (Å²) in [5.41, 5.74) is 2.90. The highest BCUT2D eigenvalue weighted by atomic mass is 16.3. The van der Waals surface area contributed by atoms with Gasteiger partial charge in [-0.2, -0.15) is 0 Å². The lowest BCUT2D eigenvalue weighted by atomic mass is 9.85. The Bertz CT molecular complexity index is 447. The molecule has 1 aromatic rings. The van der Waals surface area contributed by atoms with Crippen molar-refractivity contribution in [1.82, 2.24) is 5.32 Å². The van der Waals surface area contributed by atoms with E-state index in [9.17, 15) is 5.11 Å². The lowest BCUT2D eigenvalue weighted by Gasteiger charge is -2.38. The first-order valence-electron chi connectivity index (χ1n) is 7.13. The summed E-state index contributed by atoms with van der Waals surface area (Å²) in [5, 5.41) is 17.2. The summed E-state index contributed by atoms with van der Waals surface area (Å²) in [5.74, 6) is 0. The number of benzene rings is 1. The topological polar surface area (TPSA) is 44.3 Å². The number of aryl methyl sites for hydroxylation is 1. The third kappa shape index (κ3) is 3.10. The Morgan fingerprint density at radius 3 is 2.68 bits per heavy atom. The van der Waals surface area contributed by atoms with E-state index < -0.39 is 5.60 Å². The molecule has 0 unspecified atom stereocenters. The average Bonchev–Trinajstić information content (AvgIpc) is 2.35. The minimum absolute atomic E-state index is 0.329. The zero-order chi connectivity index (χ0) is 14.1. The Kier molecular flexibility index (Phi) is 3.88. The summed E-state index contributed by atoms with van der Waals surface area (Å²) in [6.07, 6.45) is 2.37. The van der Waals surface area contributed by atoms with E-state index in [-0.39, 0.29) is 5.54 Å². The van der Waals surface area contributed by atoms with Crippen LogP contribution >= 0.6 is 0 Å². The molecule has 19 heavy (non-hydrogen) atoms. The second kappa shape index (κ2) is 5.14. The maximum Gasteiger partial charge on any atom is 0.0767 e. The Hall–Kier alpha value is -1.06. The van der Waals surface area contributed by atoms with Crippen molar-refractivity contribution >= 4 is 5.69 Å². The largest absolute Gasteiger partial charge is 0.389 e. The minimum atomic E-state index is -0.755. The summed E-state index contributed by atoms with van der Waals surface area (Å²) in [4.78, 5) is 0. The van der Waals surface area contributed by atoms with E-state index in [1.807, 2.05) is 27.7 Å². The third-order valence-corrected chi connectivity index (χ3v) is 4.41. The zero-order valence-corrected chi connectivity index (χ0v) is 12.5. The fourth-order valence-corrected chi connectivity index (χ4v) is 2.26. The molecular formula is C16H26N2O. The van der Waals surface area contributed by atoms with Gasteiger partial charge in [0.1, 0.15) is 0 Å². The highest BCUT2D eigenvalue weighted by molar-refractivity contribution is 5.59. The minimum Gasteiger partial charge on any atom is -0.389 e. The SMILES string of the molecule is CC(C)(O)C(C)(C)NCc1cccc2c1NCCC2. The van der Waals surface area contributed by atoms with Crippen LogP contribution in [0, 0.1) is 0 Å². The van der Waals surface area contributed by atoms with Gasteiger partial charge in [-0.05, 0) is 51.7 Å². The monoisotopic (exact) mass is 262 g/mol. The van der Waals surface area contributed by atoms with E-state index in [0.29, 0.717) is 0 Å². The molecule has 3 heteroatoms. The van der Waals surface area contributed by atoms with Gasteiger partial charge in [0.05, 0.1) is 5.60 Å². The summed E-state index contributed by atoms with van der Waals surface area (Å²) in [7, 11) is 0. The third-order valence-electron chi connectivity index (χ3n) is 4.41. The number of fused-ring (bicyclic) bond motifs is 1. The van der Waals surface area contributed by atoms with Crippen LogP contribution in [0.1, 0.15) is 45.2 Å². The Morgan fingerprint density at radius 2 is 2.00 bits per heavy atom. The molecule has 106 valence electrons. The number of nitrogens with one attached hydrogen (secondary N) is 2. The van der Waals surface area contributed by atoms with Crippen molar-refractivity contribution in [2.75, 3.05) is 11.9 Å². The van der Waals surface area contributed by atoms with Crippen LogP contribution in [0.15, 0.2) is 18.2 Å². The molecule has 1 aliphatic heterocycles. The predicted octanol–water partition coefficient (Wildman–Crippen LogP) is 2.68. The molecule has 0 aromatic heterocycles. The molecule has 0 amide bonds. The second-order valence-electron chi connectivity index (χ2n) is 6.52. The van der Waals surface area contributed by atoms with Crippen LogP contribution in [0.25, 0.3) is 0 Å². The number of anilines is 1. The quantitative estimate of drug-likeness (QED) is 0.781. The summed E-state index contributed by atoms with van der Waals surface area (Å²) < 4.78 is 0. The molecular weight excluding hydrogens is 236 g/mol. The zero-order valence-electron chi connectivity index (χ0n) is 12.5. The Labute approximate surface area is 116 Å². The molecule has 1 aliphatic rings. The van der Waals surface area contributed by atoms with Gasteiger partial charge in [-0.1, -0.05) is 18.2 Å². The van der Waals surface area contributed by atoms with Gasteiger partial charge in [0.15, 0.2) is 0 Å². The first kappa shape index (κ1) is 14.4. The number of hydrogen-bond acceptors (Lipinski definition) is 3. The molecule has 0 fully saturated rings. The molecule has 0 saturated carbocycles. The highest BCUT2D eigenvalue weighted by Crippen LogP contribution is 2.27. The lowest BCUT2D eigenvalue weighted by Crippen LogP contribution is -2.55. The van der Waals surface area contributed by atoms with Crippen LogP contribution in [-0.4, -0.2) is 22.8 Å². The fraction of sp³-hybridized carbons (Fsp3) is 0.625. The first-order chi connectivity index (χ1) is 8.81. The van der Waals surface area contributed by atoms with Crippen LogP contribution in [0.5, 0.6) is 0 Å². The number of rotatable bonds is 4. The van der Waals surface area contributed by atoms with Gasteiger partial charge in [-0.25, -0.2) is 0 Å². The molecule has 3 N–H and O–H groups in total. The van der Waals surface area contributed by atoms with Gasteiger partial charge < -0.3 is 15.7 Å². The molecule has 0 atom stereocenters. The molecule has 0 saturated heterocycles. The van der Waals surface area contributed by atoms with Crippen LogP contribution in [0.3, 0.4) is 0 Å². The average molecular weight is 262 g/mol. The first-order valence-corrected chi connectivity index (χ1v) is 7.13. The van der Waals surface area contributed by atoms with Gasteiger partial charge in [0, 0.05) is 24.3 Å². The van der Waals surface area contributed by atoms with Gasteiger partial charge >= 0.3 is 0 Å². The van der Waals surface area contributed by atoms with Crippen molar-refractivity contribution in [2.24, 2.45) is 0 Å². The maximum absolute atomic E-state index is 10.2. The van der Waals surface area contributed by atoms with Crippen molar-refractivity contribution in [3.63, 3.8) is 0 Å². The predicted molar refractivity (Wildman–Crippen MR) is 80.5 cm³/mol. The van der Waals surface area contributed by atoms with Crippen molar-refractivity contribution < 1.29 is 5.11 Å². The van der Waals surface area contributed by atoms with E-state index in [0.717, 1.165) is 19.5 Å². The Morgan fingerprint density at radius 1 is 1.26 bits per heavy atom. The van der Waals surface area contributed by atoms with Crippen molar-refractivity contribution in [3.05, 3.63) is 29.3 Å². The van der Waals surface area contributed by atoms with Crippen LogP contribution < -0.4 is 10.6 Å². The normalized spacial score (nSPS) is 15.8. The smallest absolute Gasteiger partial charge is 0.0767 e. The van der Waals surface area contributed by atoms with E-state index in [2.05, 4.69) is 28.8 Å².